The number of hydrogen-bond donors (Lipinski definition) is 0. The molecule has 0 aliphatic carbocycles. The first-order valence-electron chi connectivity index (χ1n) is 6.47. The Balaban J connectivity index is 1.77. The van der Waals surface area contributed by atoms with Crippen LogP contribution in [0.5, 0.6) is 5.75 Å². The molecular formula is C15H20BrNO. The fourth-order valence-electron chi connectivity index (χ4n) is 2.40. The summed E-state index contributed by atoms with van der Waals surface area (Å²) in [5.74, 6) is 1.60. The molecule has 0 aromatic heterocycles. The lowest BCUT2D eigenvalue weighted by molar-refractivity contribution is 0.139. The minimum atomic E-state index is 0.630. The molecule has 2 nitrogen and oxygen atoms in total. The van der Waals surface area contributed by atoms with Crippen molar-refractivity contribution in [2.75, 3.05) is 26.2 Å². The summed E-state index contributed by atoms with van der Waals surface area (Å²) in [6, 6.07) is 10.1. The van der Waals surface area contributed by atoms with Gasteiger partial charge in [0.2, 0.25) is 0 Å². The molecule has 1 unspecified atom stereocenters. The van der Waals surface area contributed by atoms with Crippen LogP contribution in [0.4, 0.5) is 0 Å². The van der Waals surface area contributed by atoms with E-state index in [1.807, 2.05) is 30.3 Å². The number of likely N-dealkylation sites (tertiary alicyclic amines) is 1. The summed E-state index contributed by atoms with van der Waals surface area (Å²) in [5.41, 5.74) is 0. The molecule has 1 fully saturated rings. The molecule has 0 spiro atoms. The minimum absolute atomic E-state index is 0.630. The zero-order valence-electron chi connectivity index (χ0n) is 10.6. The largest absolute Gasteiger partial charge is 0.493 e. The average molecular weight is 310 g/mol. The summed E-state index contributed by atoms with van der Waals surface area (Å²) in [6.07, 6.45) is 2.52. The van der Waals surface area contributed by atoms with Crippen molar-refractivity contribution in [1.82, 2.24) is 4.90 Å². The van der Waals surface area contributed by atoms with E-state index >= 15 is 0 Å². The molecule has 1 aliphatic rings. The predicted molar refractivity (Wildman–Crippen MR) is 79.2 cm³/mol. The number of ether oxygens (including phenoxy) is 1. The number of hydrogen-bond acceptors (Lipinski definition) is 2. The van der Waals surface area contributed by atoms with E-state index in [1.165, 1.54) is 19.4 Å². The maximum Gasteiger partial charge on any atom is 0.119 e. The van der Waals surface area contributed by atoms with E-state index in [9.17, 15) is 0 Å². The molecular weight excluding hydrogens is 290 g/mol. The summed E-state index contributed by atoms with van der Waals surface area (Å²) in [5, 5.41) is 0. The van der Waals surface area contributed by atoms with E-state index in [4.69, 9.17) is 4.74 Å². The fourth-order valence-corrected chi connectivity index (χ4v) is 2.76. The van der Waals surface area contributed by atoms with Gasteiger partial charge < -0.3 is 4.74 Å². The molecule has 98 valence electrons. The summed E-state index contributed by atoms with van der Waals surface area (Å²) < 4.78 is 6.90. The van der Waals surface area contributed by atoms with Crippen LogP contribution in [0, 0.1) is 5.92 Å². The first kappa shape index (κ1) is 13.6. The molecule has 0 bridgehead atoms. The Morgan fingerprint density at radius 2 is 2.17 bits per heavy atom. The third-order valence-corrected chi connectivity index (χ3v) is 3.48. The van der Waals surface area contributed by atoms with Gasteiger partial charge in [0.25, 0.3) is 0 Å². The maximum atomic E-state index is 5.84. The van der Waals surface area contributed by atoms with Crippen LogP contribution in [0.15, 0.2) is 41.4 Å². The van der Waals surface area contributed by atoms with Crippen molar-refractivity contribution in [3.63, 3.8) is 0 Å². The zero-order chi connectivity index (χ0) is 12.8. The predicted octanol–water partition coefficient (Wildman–Crippen LogP) is 3.69. The monoisotopic (exact) mass is 309 g/mol. The molecule has 3 heteroatoms. The van der Waals surface area contributed by atoms with E-state index in [0.717, 1.165) is 29.9 Å². The third kappa shape index (κ3) is 4.46. The maximum absolute atomic E-state index is 5.84. The SMILES string of the molecule is C=C(Br)CN1CCCC(COc2ccccc2)C1. The zero-order valence-corrected chi connectivity index (χ0v) is 12.2. The van der Waals surface area contributed by atoms with Crippen molar-refractivity contribution in [2.45, 2.75) is 12.8 Å². The van der Waals surface area contributed by atoms with Crippen molar-refractivity contribution in [1.29, 1.82) is 0 Å². The van der Waals surface area contributed by atoms with Gasteiger partial charge in [0.05, 0.1) is 6.61 Å². The number of piperidine rings is 1. The molecule has 0 amide bonds. The second-order valence-electron chi connectivity index (χ2n) is 4.88. The third-order valence-electron chi connectivity index (χ3n) is 3.23. The highest BCUT2D eigenvalue weighted by molar-refractivity contribution is 9.11. The Morgan fingerprint density at radius 3 is 2.89 bits per heavy atom. The highest BCUT2D eigenvalue weighted by Gasteiger charge is 2.20. The van der Waals surface area contributed by atoms with Crippen LogP contribution in [0.3, 0.4) is 0 Å². The van der Waals surface area contributed by atoms with Gasteiger partial charge in [-0.1, -0.05) is 40.7 Å². The Kier molecular flexibility index (Phi) is 5.26. The molecule has 0 N–H and O–H groups in total. The van der Waals surface area contributed by atoms with E-state index in [0.29, 0.717) is 5.92 Å². The number of halogens is 1. The lowest BCUT2D eigenvalue weighted by Crippen LogP contribution is -2.38. The molecule has 0 saturated carbocycles. The Morgan fingerprint density at radius 1 is 1.39 bits per heavy atom. The van der Waals surface area contributed by atoms with Crippen LogP contribution in [-0.2, 0) is 0 Å². The van der Waals surface area contributed by atoms with Crippen molar-refractivity contribution in [2.24, 2.45) is 5.92 Å². The van der Waals surface area contributed by atoms with Gasteiger partial charge in [-0.3, -0.25) is 4.90 Å². The van der Waals surface area contributed by atoms with Crippen molar-refractivity contribution in [3.05, 3.63) is 41.4 Å². The van der Waals surface area contributed by atoms with Crippen LogP contribution in [0.25, 0.3) is 0 Å². The summed E-state index contributed by atoms with van der Waals surface area (Å²) >= 11 is 3.44. The van der Waals surface area contributed by atoms with Crippen LogP contribution >= 0.6 is 15.9 Å². The van der Waals surface area contributed by atoms with Crippen molar-refractivity contribution >= 4 is 15.9 Å². The first-order chi connectivity index (χ1) is 8.74. The number of nitrogens with zero attached hydrogens (tertiary/aromatic N) is 1. The highest BCUT2D eigenvalue weighted by Crippen LogP contribution is 2.20. The van der Waals surface area contributed by atoms with Gasteiger partial charge in [-0.15, -0.1) is 0 Å². The second-order valence-corrected chi connectivity index (χ2v) is 6.01. The molecule has 0 radical (unpaired) electrons. The molecule has 1 aliphatic heterocycles. The number of benzene rings is 1. The molecule has 2 rings (SSSR count). The van der Waals surface area contributed by atoms with Crippen LogP contribution in [0.2, 0.25) is 0 Å². The lowest BCUT2D eigenvalue weighted by atomic mass is 9.99. The smallest absolute Gasteiger partial charge is 0.119 e. The molecule has 1 aromatic carbocycles. The molecule has 1 heterocycles. The van der Waals surface area contributed by atoms with Crippen LogP contribution in [0.1, 0.15) is 12.8 Å². The van der Waals surface area contributed by atoms with E-state index in [1.54, 1.807) is 0 Å². The quantitative estimate of drug-likeness (QED) is 0.822. The Hall–Kier alpha value is -0.800. The Bertz CT molecular complexity index is 379. The molecule has 1 aromatic rings. The topological polar surface area (TPSA) is 12.5 Å². The fraction of sp³-hybridized carbons (Fsp3) is 0.467. The minimum Gasteiger partial charge on any atom is -0.493 e. The van der Waals surface area contributed by atoms with E-state index in [2.05, 4.69) is 27.4 Å². The average Bonchev–Trinajstić information content (AvgIpc) is 2.37. The van der Waals surface area contributed by atoms with Gasteiger partial charge in [0.1, 0.15) is 5.75 Å². The standard InChI is InChI=1S/C15H20BrNO/c1-13(16)10-17-9-5-6-14(11-17)12-18-15-7-3-2-4-8-15/h2-4,7-8,14H,1,5-6,9-12H2. The van der Waals surface area contributed by atoms with E-state index < -0.39 is 0 Å². The molecule has 1 atom stereocenters. The first-order valence-corrected chi connectivity index (χ1v) is 7.27. The number of rotatable bonds is 5. The molecule has 1 saturated heterocycles. The highest BCUT2D eigenvalue weighted by atomic mass is 79.9. The second kappa shape index (κ2) is 6.95. The number of para-hydroxylation sites is 1. The summed E-state index contributed by atoms with van der Waals surface area (Å²) in [4.78, 5) is 2.44. The van der Waals surface area contributed by atoms with Crippen molar-refractivity contribution in [3.8, 4) is 5.75 Å². The molecule has 18 heavy (non-hydrogen) atoms. The van der Waals surface area contributed by atoms with Gasteiger partial charge in [-0.25, -0.2) is 0 Å². The van der Waals surface area contributed by atoms with Gasteiger partial charge >= 0.3 is 0 Å². The van der Waals surface area contributed by atoms with Gasteiger partial charge in [-0.2, -0.15) is 0 Å². The van der Waals surface area contributed by atoms with Crippen molar-refractivity contribution < 1.29 is 4.74 Å². The van der Waals surface area contributed by atoms with Gasteiger partial charge in [-0.05, 0) is 31.5 Å². The normalized spacial score (nSPS) is 20.6. The van der Waals surface area contributed by atoms with Gasteiger partial charge in [0.15, 0.2) is 0 Å². The summed E-state index contributed by atoms with van der Waals surface area (Å²) in [7, 11) is 0. The lowest BCUT2D eigenvalue weighted by Gasteiger charge is -2.32. The summed E-state index contributed by atoms with van der Waals surface area (Å²) in [6.45, 7) is 7.95. The van der Waals surface area contributed by atoms with Crippen LogP contribution in [-0.4, -0.2) is 31.1 Å². The van der Waals surface area contributed by atoms with Crippen LogP contribution < -0.4 is 4.74 Å². The van der Waals surface area contributed by atoms with E-state index in [-0.39, 0.29) is 0 Å². The Labute approximate surface area is 118 Å². The van der Waals surface area contributed by atoms with Gasteiger partial charge in [0, 0.05) is 23.5 Å².